The third kappa shape index (κ3) is 2.17. The van der Waals surface area contributed by atoms with E-state index in [9.17, 15) is 0 Å². The molecular formula is C18H19N5S. The maximum absolute atomic E-state index is 5.54. The van der Waals surface area contributed by atoms with Gasteiger partial charge in [0.2, 0.25) is 0 Å². The van der Waals surface area contributed by atoms with E-state index in [4.69, 9.17) is 12.2 Å². The maximum Gasteiger partial charge on any atom is 0.195 e. The van der Waals surface area contributed by atoms with Gasteiger partial charge in [0.05, 0.1) is 5.69 Å². The summed E-state index contributed by atoms with van der Waals surface area (Å²) in [6.45, 7) is 0. The molecular weight excluding hydrogens is 318 g/mol. The summed E-state index contributed by atoms with van der Waals surface area (Å²) in [7, 11) is 0. The van der Waals surface area contributed by atoms with Crippen molar-refractivity contribution in [2.75, 3.05) is 0 Å². The topological polar surface area (TPSA) is 62.3 Å². The van der Waals surface area contributed by atoms with Crippen LogP contribution in [0.4, 0.5) is 0 Å². The number of fused-ring (bicyclic) bond motifs is 2. The maximum atomic E-state index is 5.54. The molecule has 24 heavy (non-hydrogen) atoms. The molecule has 2 aromatic heterocycles. The van der Waals surface area contributed by atoms with Gasteiger partial charge >= 0.3 is 0 Å². The number of H-pyrrole nitrogens is 2. The zero-order chi connectivity index (χ0) is 16.1. The number of rotatable bonds is 3. The molecule has 0 amide bonds. The highest BCUT2D eigenvalue weighted by atomic mass is 32.1. The summed E-state index contributed by atoms with van der Waals surface area (Å²) in [6, 6.07) is 12.7. The molecule has 5 nitrogen and oxygen atoms in total. The van der Waals surface area contributed by atoms with Gasteiger partial charge in [0.1, 0.15) is 5.69 Å². The van der Waals surface area contributed by atoms with Crippen LogP contribution < -0.4 is 0 Å². The minimum absolute atomic E-state index is 0.480. The third-order valence-electron chi connectivity index (χ3n) is 5.63. The Hall–Kier alpha value is -2.21. The predicted octanol–water partition coefficient (Wildman–Crippen LogP) is 4.36. The second-order valence-corrected chi connectivity index (χ2v) is 7.38. The molecule has 0 aliphatic heterocycles. The Morgan fingerprint density at radius 3 is 2.67 bits per heavy atom. The minimum atomic E-state index is 0.480. The smallest absolute Gasteiger partial charge is 0.195 e. The highest BCUT2D eigenvalue weighted by molar-refractivity contribution is 7.71. The minimum Gasteiger partial charge on any atom is -0.295 e. The van der Waals surface area contributed by atoms with Crippen LogP contribution in [0.1, 0.15) is 31.7 Å². The van der Waals surface area contributed by atoms with Gasteiger partial charge in [-0.3, -0.25) is 14.8 Å². The van der Waals surface area contributed by atoms with Gasteiger partial charge in [0.25, 0.3) is 0 Å². The molecule has 5 rings (SSSR count). The Labute approximate surface area is 145 Å². The molecule has 2 aliphatic carbocycles. The van der Waals surface area contributed by atoms with E-state index < -0.39 is 0 Å². The van der Waals surface area contributed by atoms with E-state index in [1.165, 1.54) is 25.7 Å². The summed E-state index contributed by atoms with van der Waals surface area (Å²) >= 11 is 5.54. The zero-order valence-corrected chi connectivity index (χ0v) is 14.1. The summed E-state index contributed by atoms with van der Waals surface area (Å²) in [4.78, 5) is 0. The van der Waals surface area contributed by atoms with Crippen molar-refractivity contribution in [1.82, 2.24) is 25.0 Å². The predicted molar refractivity (Wildman–Crippen MR) is 94.9 cm³/mol. The van der Waals surface area contributed by atoms with Crippen LogP contribution in [0.3, 0.4) is 0 Å². The first-order chi connectivity index (χ1) is 11.8. The van der Waals surface area contributed by atoms with Gasteiger partial charge in [0, 0.05) is 11.6 Å². The quantitative estimate of drug-likeness (QED) is 0.698. The third-order valence-corrected chi connectivity index (χ3v) is 5.91. The highest BCUT2D eigenvalue weighted by Crippen LogP contribution is 2.51. The van der Waals surface area contributed by atoms with Gasteiger partial charge in [-0.15, -0.1) is 0 Å². The fourth-order valence-electron chi connectivity index (χ4n) is 4.52. The number of hydrogen-bond acceptors (Lipinski definition) is 3. The molecule has 2 N–H and O–H groups in total. The number of benzene rings is 1. The summed E-state index contributed by atoms with van der Waals surface area (Å²) in [5.74, 6) is 2.49. The number of nitrogens with one attached hydrogen (secondary N) is 2. The van der Waals surface area contributed by atoms with Crippen LogP contribution in [0.5, 0.6) is 0 Å². The average Bonchev–Trinajstić information content (AvgIpc) is 3.38. The van der Waals surface area contributed by atoms with E-state index in [0.29, 0.717) is 6.04 Å². The molecule has 3 atom stereocenters. The van der Waals surface area contributed by atoms with Crippen molar-refractivity contribution < 1.29 is 0 Å². The molecule has 2 aliphatic rings. The fraction of sp³-hybridized carbons (Fsp3) is 0.389. The Balaban J connectivity index is 1.54. The van der Waals surface area contributed by atoms with Crippen molar-refractivity contribution in [2.45, 2.75) is 31.7 Å². The van der Waals surface area contributed by atoms with E-state index in [0.717, 1.165) is 39.4 Å². The van der Waals surface area contributed by atoms with Crippen LogP contribution >= 0.6 is 12.2 Å². The summed E-state index contributed by atoms with van der Waals surface area (Å²) in [5, 5.41) is 15.1. The SMILES string of the molecule is S=c1[nH]nc(-c2cc(-c3ccccc3)n[nH]2)n1[C@@H]1C[C@@H]2CC[C@H]1C2. The van der Waals surface area contributed by atoms with Crippen molar-refractivity contribution >= 4 is 12.2 Å². The van der Waals surface area contributed by atoms with Crippen LogP contribution in [0.2, 0.25) is 0 Å². The van der Waals surface area contributed by atoms with Gasteiger partial charge in [0.15, 0.2) is 10.6 Å². The Kier molecular flexibility index (Phi) is 3.19. The molecule has 1 aromatic carbocycles. The monoisotopic (exact) mass is 337 g/mol. The van der Waals surface area contributed by atoms with E-state index in [-0.39, 0.29) is 0 Å². The van der Waals surface area contributed by atoms with E-state index in [1.54, 1.807) is 0 Å². The second-order valence-electron chi connectivity index (χ2n) is 7.00. The van der Waals surface area contributed by atoms with Crippen LogP contribution in [0.15, 0.2) is 36.4 Å². The molecule has 6 heteroatoms. The molecule has 0 unspecified atom stereocenters. The van der Waals surface area contributed by atoms with Crippen molar-refractivity contribution in [3.8, 4) is 22.8 Å². The number of aromatic amines is 2. The molecule has 122 valence electrons. The van der Waals surface area contributed by atoms with Crippen molar-refractivity contribution in [1.29, 1.82) is 0 Å². The van der Waals surface area contributed by atoms with Crippen LogP contribution in [0.25, 0.3) is 22.8 Å². The molecule has 0 radical (unpaired) electrons. The molecule has 2 saturated carbocycles. The Morgan fingerprint density at radius 1 is 1.04 bits per heavy atom. The lowest BCUT2D eigenvalue weighted by Crippen LogP contribution is -2.17. The Bertz CT molecular complexity index is 922. The van der Waals surface area contributed by atoms with Crippen LogP contribution in [0, 0.1) is 16.6 Å². The van der Waals surface area contributed by atoms with Crippen molar-refractivity contribution in [2.24, 2.45) is 11.8 Å². The summed E-state index contributed by atoms with van der Waals surface area (Å²) in [5.41, 5.74) is 2.95. The molecule has 2 bridgehead atoms. The first kappa shape index (κ1) is 14.2. The van der Waals surface area contributed by atoms with E-state index in [1.807, 2.05) is 18.2 Å². The first-order valence-electron chi connectivity index (χ1n) is 8.57. The van der Waals surface area contributed by atoms with Gasteiger partial charge < -0.3 is 0 Å². The molecule has 2 fully saturated rings. The van der Waals surface area contributed by atoms with Crippen LogP contribution in [-0.2, 0) is 0 Å². The number of aromatic nitrogens is 5. The summed E-state index contributed by atoms with van der Waals surface area (Å²) in [6.07, 6.45) is 5.27. The van der Waals surface area contributed by atoms with E-state index in [2.05, 4.69) is 43.2 Å². The largest absolute Gasteiger partial charge is 0.295 e. The zero-order valence-electron chi connectivity index (χ0n) is 13.3. The van der Waals surface area contributed by atoms with Gasteiger partial charge in [-0.05, 0) is 49.4 Å². The molecule has 3 aromatic rings. The van der Waals surface area contributed by atoms with Gasteiger partial charge in [-0.25, -0.2) is 0 Å². The van der Waals surface area contributed by atoms with Crippen molar-refractivity contribution in [3.63, 3.8) is 0 Å². The second kappa shape index (κ2) is 5.41. The molecule has 0 saturated heterocycles. The lowest BCUT2D eigenvalue weighted by atomic mass is 9.95. The molecule has 2 heterocycles. The van der Waals surface area contributed by atoms with Gasteiger partial charge in [-0.1, -0.05) is 36.8 Å². The van der Waals surface area contributed by atoms with Gasteiger partial charge in [-0.2, -0.15) is 10.2 Å². The highest BCUT2D eigenvalue weighted by Gasteiger charge is 2.41. The Morgan fingerprint density at radius 2 is 1.92 bits per heavy atom. The number of nitrogens with zero attached hydrogens (tertiary/aromatic N) is 3. The fourth-order valence-corrected chi connectivity index (χ4v) is 4.79. The van der Waals surface area contributed by atoms with Crippen molar-refractivity contribution in [3.05, 3.63) is 41.2 Å². The summed E-state index contributed by atoms with van der Waals surface area (Å²) < 4.78 is 2.94. The standard InChI is InChI=1S/C18H19N5S/c24-18-22-21-17(23(18)16-9-11-6-7-13(16)8-11)15-10-14(19-20-15)12-4-2-1-3-5-12/h1-5,10-11,13,16H,6-9H2,(H,19,20)(H,22,24)/t11-,13+,16-/m1/s1. The number of hydrogen-bond donors (Lipinski definition) is 2. The average molecular weight is 337 g/mol. The lowest BCUT2D eigenvalue weighted by Gasteiger charge is -2.23. The normalized spacial score (nSPS) is 25.4. The lowest BCUT2D eigenvalue weighted by molar-refractivity contribution is 0.329. The van der Waals surface area contributed by atoms with Crippen LogP contribution in [-0.4, -0.2) is 25.0 Å². The molecule has 0 spiro atoms. The first-order valence-corrected chi connectivity index (χ1v) is 8.98. The van der Waals surface area contributed by atoms with E-state index >= 15 is 0 Å².